The molecule has 2 aromatic heterocycles. The highest BCUT2D eigenvalue weighted by Gasteiger charge is 2.04. The Morgan fingerprint density at radius 3 is 3.08 bits per heavy atom. The first kappa shape index (κ1) is 7.72. The van der Waals surface area contributed by atoms with Gasteiger partial charge in [0.1, 0.15) is 11.4 Å². The zero-order chi connectivity index (χ0) is 8.39. The lowest BCUT2D eigenvalue weighted by Gasteiger charge is -1.96. The van der Waals surface area contributed by atoms with E-state index in [0.717, 1.165) is 15.0 Å². The van der Waals surface area contributed by atoms with Gasteiger partial charge in [-0.1, -0.05) is 0 Å². The molecule has 0 aliphatic heterocycles. The van der Waals surface area contributed by atoms with Crippen molar-refractivity contribution in [2.45, 2.75) is 0 Å². The van der Waals surface area contributed by atoms with Crippen LogP contribution in [0.5, 0.6) is 0 Å². The Balaban J connectivity index is 2.55. The van der Waals surface area contributed by atoms with Crippen LogP contribution in [0.2, 0.25) is 0 Å². The molecule has 4 heteroatoms. The fourth-order valence-corrected chi connectivity index (χ4v) is 1.54. The minimum Gasteiger partial charge on any atom is -0.276 e. The van der Waals surface area contributed by atoms with Gasteiger partial charge in [-0.3, -0.25) is 10.1 Å². The summed E-state index contributed by atoms with van der Waals surface area (Å²) in [5.41, 5.74) is 1.73. The van der Waals surface area contributed by atoms with Crippen molar-refractivity contribution in [3.05, 3.63) is 34.2 Å². The number of halogens is 1. The van der Waals surface area contributed by atoms with Crippen molar-refractivity contribution in [2.24, 2.45) is 0 Å². The van der Waals surface area contributed by atoms with Crippen molar-refractivity contribution in [3.63, 3.8) is 0 Å². The number of pyridine rings is 1. The summed E-state index contributed by atoms with van der Waals surface area (Å²) in [6.45, 7) is 0. The van der Waals surface area contributed by atoms with E-state index in [9.17, 15) is 0 Å². The van der Waals surface area contributed by atoms with Gasteiger partial charge in [0, 0.05) is 9.77 Å². The molecule has 0 aliphatic rings. The van der Waals surface area contributed by atoms with Crippen LogP contribution in [0.15, 0.2) is 24.4 Å². The summed E-state index contributed by atoms with van der Waals surface area (Å²) >= 11 is 2.23. The van der Waals surface area contributed by atoms with Crippen molar-refractivity contribution in [1.29, 1.82) is 0 Å². The third-order valence-electron chi connectivity index (χ3n) is 1.45. The fraction of sp³-hybridized carbons (Fsp3) is 0. The quantitative estimate of drug-likeness (QED) is 0.804. The summed E-state index contributed by atoms with van der Waals surface area (Å²) < 4.78 is 1.09. The van der Waals surface area contributed by atoms with Crippen LogP contribution < -0.4 is 0 Å². The standard InChI is InChI=1S/C8H5IN3/c9-6-2-1-4-10-8(6)7-3-5-11-12-7/h1-4H,(H,11,12). The zero-order valence-electron chi connectivity index (χ0n) is 6.08. The van der Waals surface area contributed by atoms with Crippen LogP contribution in [-0.4, -0.2) is 15.2 Å². The number of nitrogens with one attached hydrogen (secondary N) is 1. The highest BCUT2D eigenvalue weighted by atomic mass is 127. The molecule has 0 aliphatic carbocycles. The second kappa shape index (κ2) is 3.22. The van der Waals surface area contributed by atoms with E-state index in [2.05, 4.69) is 44.0 Å². The number of rotatable bonds is 1. The highest BCUT2D eigenvalue weighted by Crippen LogP contribution is 2.19. The summed E-state index contributed by atoms with van der Waals surface area (Å²) in [6.07, 6.45) is 4.53. The second-order valence-corrected chi connectivity index (χ2v) is 3.39. The van der Waals surface area contributed by atoms with Crippen LogP contribution in [-0.2, 0) is 0 Å². The highest BCUT2D eigenvalue weighted by molar-refractivity contribution is 14.1. The number of aromatic nitrogens is 3. The zero-order valence-corrected chi connectivity index (χ0v) is 8.24. The Hall–Kier alpha value is -0.910. The first-order valence-electron chi connectivity index (χ1n) is 3.40. The normalized spacial score (nSPS) is 10.1. The number of nitrogens with zero attached hydrogens (tertiary/aromatic N) is 2. The predicted molar refractivity (Wildman–Crippen MR) is 53.4 cm³/mol. The fourth-order valence-electron chi connectivity index (χ4n) is 0.921. The molecule has 0 bridgehead atoms. The molecular formula is C8H5IN3. The molecule has 2 rings (SSSR count). The van der Waals surface area contributed by atoms with Crippen LogP contribution in [0, 0.1) is 9.77 Å². The molecule has 3 nitrogen and oxygen atoms in total. The largest absolute Gasteiger partial charge is 0.276 e. The SMILES string of the molecule is Ic1cccnc1-c1c[c][nH]n1. The molecule has 1 N–H and O–H groups in total. The van der Waals surface area contributed by atoms with Gasteiger partial charge in [-0.25, -0.2) is 0 Å². The summed E-state index contributed by atoms with van der Waals surface area (Å²) in [6, 6.07) is 5.68. The van der Waals surface area contributed by atoms with Gasteiger partial charge < -0.3 is 0 Å². The van der Waals surface area contributed by atoms with Gasteiger partial charge in [-0.2, -0.15) is 5.10 Å². The topological polar surface area (TPSA) is 41.6 Å². The van der Waals surface area contributed by atoms with Gasteiger partial charge >= 0.3 is 0 Å². The minimum absolute atomic E-state index is 0.833. The van der Waals surface area contributed by atoms with Crippen LogP contribution >= 0.6 is 22.6 Å². The monoisotopic (exact) mass is 270 g/mol. The Labute approximate surface area is 83.4 Å². The van der Waals surface area contributed by atoms with E-state index in [0.29, 0.717) is 0 Å². The molecule has 0 amide bonds. The van der Waals surface area contributed by atoms with E-state index >= 15 is 0 Å². The lowest BCUT2D eigenvalue weighted by Crippen LogP contribution is -1.86. The summed E-state index contributed by atoms with van der Waals surface area (Å²) in [4.78, 5) is 4.21. The summed E-state index contributed by atoms with van der Waals surface area (Å²) in [7, 11) is 0. The molecule has 0 spiro atoms. The van der Waals surface area contributed by atoms with Gasteiger partial charge in [-0.15, -0.1) is 0 Å². The number of aromatic amines is 1. The molecule has 2 heterocycles. The molecule has 1 radical (unpaired) electrons. The molecule has 0 saturated heterocycles. The Bertz CT molecular complexity index is 370. The molecule has 0 atom stereocenters. The van der Waals surface area contributed by atoms with Crippen molar-refractivity contribution in [2.75, 3.05) is 0 Å². The predicted octanol–water partition coefficient (Wildman–Crippen LogP) is 1.88. The number of H-pyrrole nitrogens is 1. The Morgan fingerprint density at radius 2 is 2.42 bits per heavy atom. The van der Waals surface area contributed by atoms with Crippen LogP contribution in [0.4, 0.5) is 0 Å². The van der Waals surface area contributed by atoms with Gasteiger partial charge in [0.05, 0.1) is 6.20 Å². The average molecular weight is 270 g/mol. The molecular weight excluding hydrogens is 265 g/mol. The van der Waals surface area contributed by atoms with E-state index < -0.39 is 0 Å². The van der Waals surface area contributed by atoms with E-state index in [-0.39, 0.29) is 0 Å². The summed E-state index contributed by atoms with van der Waals surface area (Å²) in [5, 5.41) is 6.64. The number of hydrogen-bond acceptors (Lipinski definition) is 2. The maximum absolute atomic E-state index is 4.21. The van der Waals surface area contributed by atoms with E-state index in [1.807, 2.05) is 12.1 Å². The molecule has 2 aromatic rings. The lowest BCUT2D eigenvalue weighted by atomic mass is 10.3. The Kier molecular flexibility index (Phi) is 2.07. The molecule has 12 heavy (non-hydrogen) atoms. The molecule has 0 aromatic carbocycles. The van der Waals surface area contributed by atoms with Gasteiger partial charge in [-0.05, 0) is 40.8 Å². The van der Waals surface area contributed by atoms with Crippen LogP contribution in [0.25, 0.3) is 11.4 Å². The first-order chi connectivity index (χ1) is 5.88. The maximum atomic E-state index is 4.21. The van der Waals surface area contributed by atoms with Crippen LogP contribution in [0.3, 0.4) is 0 Å². The van der Waals surface area contributed by atoms with Crippen molar-refractivity contribution in [3.8, 4) is 11.4 Å². The molecule has 59 valence electrons. The third-order valence-corrected chi connectivity index (χ3v) is 2.32. The summed E-state index contributed by atoms with van der Waals surface area (Å²) in [5.74, 6) is 0. The average Bonchev–Trinajstić information content (AvgIpc) is 2.57. The molecule has 0 saturated carbocycles. The van der Waals surface area contributed by atoms with Crippen molar-refractivity contribution in [1.82, 2.24) is 15.2 Å². The van der Waals surface area contributed by atoms with Crippen LogP contribution in [0.1, 0.15) is 0 Å². The van der Waals surface area contributed by atoms with Gasteiger partial charge in [0.25, 0.3) is 0 Å². The van der Waals surface area contributed by atoms with Gasteiger partial charge in [0.2, 0.25) is 0 Å². The van der Waals surface area contributed by atoms with E-state index in [4.69, 9.17) is 0 Å². The van der Waals surface area contributed by atoms with Crippen molar-refractivity contribution >= 4 is 22.6 Å². The number of hydrogen-bond donors (Lipinski definition) is 1. The van der Waals surface area contributed by atoms with E-state index in [1.54, 1.807) is 12.3 Å². The van der Waals surface area contributed by atoms with Gasteiger partial charge in [0.15, 0.2) is 0 Å². The molecule has 0 unspecified atom stereocenters. The smallest absolute Gasteiger partial charge is 0.112 e. The minimum atomic E-state index is 0.833. The maximum Gasteiger partial charge on any atom is 0.112 e. The third kappa shape index (κ3) is 1.34. The lowest BCUT2D eigenvalue weighted by molar-refractivity contribution is 1.08. The molecule has 0 fully saturated rings. The van der Waals surface area contributed by atoms with Crippen molar-refractivity contribution < 1.29 is 0 Å². The van der Waals surface area contributed by atoms with E-state index in [1.165, 1.54) is 0 Å². The first-order valence-corrected chi connectivity index (χ1v) is 4.48. The second-order valence-electron chi connectivity index (χ2n) is 2.23. The Morgan fingerprint density at radius 1 is 1.50 bits per heavy atom.